The molecular formula is C70H53N3Si3. The van der Waals surface area contributed by atoms with Crippen molar-refractivity contribution in [3.05, 3.63) is 321 Å². The van der Waals surface area contributed by atoms with Crippen molar-refractivity contribution in [3.63, 3.8) is 0 Å². The zero-order chi connectivity index (χ0) is 50.8. The summed E-state index contributed by atoms with van der Waals surface area (Å²) in [6.07, 6.45) is 0.859. The van der Waals surface area contributed by atoms with Crippen LogP contribution in [0.15, 0.2) is 309 Å². The maximum Gasteiger partial charge on any atom is 0.164 e. The second-order valence-corrected chi connectivity index (χ2v) is 39.3. The fraction of sp³-hybridized carbons (Fsp3) is 0.0143. The quantitative estimate of drug-likeness (QED) is 0.0853. The molecule has 3 nitrogen and oxygen atoms in total. The summed E-state index contributed by atoms with van der Waals surface area (Å²) in [7, 11) is -11.0. The lowest BCUT2D eigenvalue weighted by atomic mass is 10.1. The van der Waals surface area contributed by atoms with Crippen LogP contribution in [0.3, 0.4) is 0 Å². The Morgan fingerprint density at radius 3 is 1.04 bits per heavy atom. The second-order valence-electron chi connectivity index (χ2n) is 19.7. The average Bonchev–Trinajstić information content (AvgIpc) is 3.92. The molecule has 360 valence electrons. The largest absolute Gasteiger partial charge is 0.208 e. The van der Waals surface area contributed by atoms with Crippen molar-refractivity contribution in [2.75, 3.05) is 0 Å². The van der Waals surface area contributed by atoms with Crippen molar-refractivity contribution in [2.24, 2.45) is 0 Å². The zero-order valence-electron chi connectivity index (χ0n) is 42.0. The van der Waals surface area contributed by atoms with Crippen LogP contribution in [0.25, 0.3) is 45.3 Å². The molecule has 12 aromatic rings. The van der Waals surface area contributed by atoms with Gasteiger partial charge >= 0.3 is 0 Å². The van der Waals surface area contributed by atoms with Gasteiger partial charge in [0.25, 0.3) is 0 Å². The predicted molar refractivity (Wildman–Crippen MR) is 324 cm³/mol. The van der Waals surface area contributed by atoms with Gasteiger partial charge in [-0.05, 0) is 33.9 Å². The van der Waals surface area contributed by atoms with E-state index in [-0.39, 0.29) is 0 Å². The van der Waals surface area contributed by atoms with Gasteiger partial charge in [0.1, 0.15) is 22.3 Å². The first-order valence-electron chi connectivity index (χ1n) is 26.2. The van der Waals surface area contributed by atoms with Crippen molar-refractivity contribution in [2.45, 2.75) is 6.42 Å². The summed E-state index contributed by atoms with van der Waals surface area (Å²) in [5, 5.41) is 11.2. The molecule has 1 heterocycles. The Bertz CT molecular complexity index is 3770. The summed E-state index contributed by atoms with van der Waals surface area (Å²) in [4.78, 5) is 16.0. The molecule has 11 aromatic carbocycles. The third-order valence-electron chi connectivity index (χ3n) is 15.9. The van der Waals surface area contributed by atoms with Crippen molar-refractivity contribution in [1.29, 1.82) is 0 Å². The van der Waals surface area contributed by atoms with Gasteiger partial charge in [0, 0.05) is 16.7 Å². The van der Waals surface area contributed by atoms with Gasteiger partial charge in [-0.3, -0.25) is 0 Å². The Hall–Kier alpha value is -8.92. The number of nitrogens with zero attached hydrogens (tertiary/aromatic N) is 3. The van der Waals surface area contributed by atoms with Gasteiger partial charge in [-0.25, -0.2) is 15.0 Å². The number of hydrogen-bond donors (Lipinski definition) is 0. The van der Waals surface area contributed by atoms with E-state index in [1.165, 1.54) is 63.7 Å². The number of fused-ring (bicyclic) bond motifs is 3. The Morgan fingerprint density at radius 1 is 0.250 bits per heavy atom. The summed E-state index contributed by atoms with van der Waals surface area (Å²) < 4.78 is 0. The van der Waals surface area contributed by atoms with E-state index in [1.807, 2.05) is 12.1 Å². The monoisotopic (exact) mass is 1020 g/mol. The van der Waals surface area contributed by atoms with Crippen molar-refractivity contribution >= 4 is 63.8 Å². The Kier molecular flexibility index (Phi) is 12.4. The standard InChI is InChI=1S/C70H53N3Si3/c1-9-29-53(30-10-1)68-71-69(54-31-11-2-12-32-54)73-70(72-68)56-34-27-47-63(51-56)74(57-35-13-3-14-36-57,58-37-15-4-16-38-58)76(61-43-21-7-22-44-61,62-45-23-8-24-46-62)75(59-39-17-5-18-40-59,60-41-19-6-20-42-60)67-50-28-49-65-64-48-26-25-33-55(64)52-66(65)67/h1-51H,52H2. The summed E-state index contributed by atoms with van der Waals surface area (Å²) in [5.41, 5.74) is 8.32. The molecule has 0 bridgehead atoms. The summed E-state index contributed by atoms with van der Waals surface area (Å²) in [6.45, 7) is 0. The SMILES string of the molecule is c1ccc(-c2nc(-c3ccccc3)nc(-c3cccc([Si](c4ccccc4)(c4ccccc4)[Si](c4ccccc4)(c4ccccc4)[Si](c4ccccc4)(c4ccccc4)c4cccc5c4Cc4ccccc4-5)c3)n2)cc1. The normalized spacial score (nSPS) is 12.2. The molecular weight excluding hydrogens is 967 g/mol. The highest BCUT2D eigenvalue weighted by atomic mass is 29.6. The first-order valence-corrected chi connectivity index (χ1v) is 34.2. The molecule has 0 unspecified atom stereocenters. The van der Waals surface area contributed by atoms with Crippen LogP contribution in [0.2, 0.25) is 0 Å². The van der Waals surface area contributed by atoms with Crippen LogP contribution in [0.5, 0.6) is 0 Å². The first kappa shape index (κ1) is 46.8. The number of hydrogen-bond acceptors (Lipinski definition) is 3. The molecule has 1 aromatic heterocycles. The average molecular weight is 1020 g/mol. The fourth-order valence-corrected chi connectivity index (χ4v) is 58.6. The molecule has 6 heteroatoms. The second kappa shape index (κ2) is 20.1. The van der Waals surface area contributed by atoms with Crippen molar-refractivity contribution < 1.29 is 0 Å². The van der Waals surface area contributed by atoms with E-state index in [0.717, 1.165) is 23.1 Å². The molecule has 0 N–H and O–H groups in total. The third-order valence-corrected chi connectivity index (χ3v) is 49.9. The molecule has 1 aliphatic carbocycles. The van der Waals surface area contributed by atoms with Gasteiger partial charge in [-0.2, -0.15) is 0 Å². The molecule has 0 aliphatic heterocycles. The zero-order valence-corrected chi connectivity index (χ0v) is 45.0. The maximum absolute atomic E-state index is 5.41. The van der Waals surface area contributed by atoms with Gasteiger partial charge in [0.2, 0.25) is 0 Å². The molecule has 0 saturated heterocycles. The minimum absolute atomic E-state index is 0.638. The molecule has 1 aliphatic rings. The molecule has 0 radical (unpaired) electrons. The van der Waals surface area contributed by atoms with Crippen LogP contribution in [-0.2, 0) is 6.42 Å². The molecule has 0 atom stereocenters. The minimum atomic E-state index is -3.72. The van der Waals surface area contributed by atoms with E-state index in [0.29, 0.717) is 17.5 Å². The van der Waals surface area contributed by atoms with Gasteiger partial charge in [0.15, 0.2) is 17.5 Å². The van der Waals surface area contributed by atoms with Crippen LogP contribution < -0.4 is 41.5 Å². The van der Waals surface area contributed by atoms with Gasteiger partial charge in [0.05, 0.1) is 0 Å². The third kappa shape index (κ3) is 7.55. The highest BCUT2D eigenvalue weighted by Crippen LogP contribution is 2.39. The maximum atomic E-state index is 5.41. The van der Waals surface area contributed by atoms with Gasteiger partial charge < -0.3 is 0 Å². The molecule has 76 heavy (non-hydrogen) atoms. The number of benzene rings is 11. The van der Waals surface area contributed by atoms with Gasteiger partial charge in [-0.1, -0.05) is 346 Å². The van der Waals surface area contributed by atoms with Crippen LogP contribution in [0.1, 0.15) is 11.1 Å². The van der Waals surface area contributed by atoms with E-state index < -0.39 is 22.3 Å². The minimum Gasteiger partial charge on any atom is -0.208 e. The predicted octanol–water partition coefficient (Wildman–Crippen LogP) is 10.5. The highest BCUT2D eigenvalue weighted by Gasteiger charge is 2.73. The fourth-order valence-electron chi connectivity index (χ4n) is 13.0. The first-order chi connectivity index (χ1) is 37.7. The Balaban J connectivity index is 1.27. The lowest BCUT2D eigenvalue weighted by Crippen LogP contribution is -3.04. The van der Waals surface area contributed by atoms with E-state index >= 15 is 0 Å². The Morgan fingerprint density at radius 2 is 0.579 bits per heavy atom. The lowest BCUT2D eigenvalue weighted by Gasteiger charge is -2.59. The number of aromatic nitrogens is 3. The van der Waals surface area contributed by atoms with E-state index in [4.69, 9.17) is 15.0 Å². The molecule has 0 spiro atoms. The molecule has 0 saturated carbocycles. The molecule has 0 fully saturated rings. The van der Waals surface area contributed by atoms with Crippen molar-refractivity contribution in [3.8, 4) is 45.3 Å². The van der Waals surface area contributed by atoms with Gasteiger partial charge in [-0.15, -0.1) is 0 Å². The van der Waals surface area contributed by atoms with Crippen molar-refractivity contribution in [1.82, 2.24) is 15.0 Å². The van der Waals surface area contributed by atoms with Crippen LogP contribution in [0.4, 0.5) is 0 Å². The number of rotatable bonds is 13. The highest BCUT2D eigenvalue weighted by molar-refractivity contribution is 7.89. The van der Waals surface area contributed by atoms with Crippen LogP contribution in [-0.4, -0.2) is 37.2 Å². The smallest absolute Gasteiger partial charge is 0.164 e. The summed E-state index contributed by atoms with van der Waals surface area (Å²) in [6, 6.07) is 117. The lowest BCUT2D eigenvalue weighted by molar-refractivity contribution is 1.07. The molecule has 13 rings (SSSR count). The van der Waals surface area contributed by atoms with E-state index in [2.05, 4.69) is 297 Å². The summed E-state index contributed by atoms with van der Waals surface area (Å²) >= 11 is 0. The van der Waals surface area contributed by atoms with Crippen LogP contribution >= 0.6 is 0 Å². The van der Waals surface area contributed by atoms with Crippen LogP contribution in [0, 0.1) is 0 Å². The topological polar surface area (TPSA) is 38.7 Å². The Labute approximate surface area is 448 Å². The van der Waals surface area contributed by atoms with E-state index in [1.54, 1.807) is 0 Å². The molecule has 0 amide bonds. The van der Waals surface area contributed by atoms with E-state index in [9.17, 15) is 0 Å². The summed E-state index contributed by atoms with van der Waals surface area (Å²) in [5.74, 6) is 1.92.